The number of allylic oxidation sites excluding steroid dienone is 1. The van der Waals surface area contributed by atoms with Crippen molar-refractivity contribution in [2.24, 2.45) is 11.8 Å². The number of hydrogen-bond acceptors (Lipinski definition) is 6. The summed E-state index contributed by atoms with van der Waals surface area (Å²) in [6.45, 7) is 7.20. The van der Waals surface area contributed by atoms with Gasteiger partial charge in [-0.15, -0.1) is 0 Å². The first-order chi connectivity index (χ1) is 11.3. The van der Waals surface area contributed by atoms with E-state index < -0.39 is 11.6 Å². The second-order valence-corrected chi connectivity index (χ2v) is 7.68. The summed E-state index contributed by atoms with van der Waals surface area (Å²) < 4.78 is 11.2. The lowest BCUT2D eigenvalue weighted by atomic mass is 9.85. The topological polar surface area (TPSA) is 76.1 Å². The van der Waals surface area contributed by atoms with Crippen LogP contribution in [0.1, 0.15) is 40.0 Å². The molecule has 5 atom stereocenters. The van der Waals surface area contributed by atoms with Crippen molar-refractivity contribution in [3.8, 4) is 0 Å². The monoisotopic (exact) mass is 337 g/mol. The maximum atomic E-state index is 12.4. The Hall–Kier alpha value is -1.40. The highest BCUT2D eigenvalue weighted by molar-refractivity contribution is 5.83. The Kier molecular flexibility index (Phi) is 4.71. The van der Waals surface area contributed by atoms with Crippen molar-refractivity contribution >= 4 is 11.9 Å². The first kappa shape index (κ1) is 17.4. The van der Waals surface area contributed by atoms with E-state index in [1.807, 2.05) is 6.92 Å². The summed E-state index contributed by atoms with van der Waals surface area (Å²) in [6, 6.07) is 0.110. The van der Waals surface area contributed by atoms with Gasteiger partial charge in [0.05, 0.1) is 12.6 Å². The zero-order valence-electron chi connectivity index (χ0n) is 14.7. The van der Waals surface area contributed by atoms with E-state index in [4.69, 9.17) is 9.47 Å². The van der Waals surface area contributed by atoms with Crippen LogP contribution in [0.3, 0.4) is 0 Å². The molecule has 0 radical (unpaired) electrons. The molecule has 1 N–H and O–H groups in total. The molecule has 134 valence electrons. The van der Waals surface area contributed by atoms with Crippen LogP contribution in [0.4, 0.5) is 0 Å². The number of nitrogens with zero attached hydrogens (tertiary/aromatic N) is 1. The maximum Gasteiger partial charge on any atom is 0.338 e. The predicted octanol–water partition coefficient (Wildman–Crippen LogP) is 1.27. The van der Waals surface area contributed by atoms with E-state index in [-0.39, 0.29) is 36.6 Å². The highest BCUT2D eigenvalue weighted by Gasteiger charge is 2.47. The van der Waals surface area contributed by atoms with Crippen LogP contribution >= 0.6 is 0 Å². The Labute approximate surface area is 142 Å². The molecule has 0 aliphatic carbocycles. The molecule has 24 heavy (non-hydrogen) atoms. The van der Waals surface area contributed by atoms with E-state index in [1.54, 1.807) is 6.92 Å². The summed E-state index contributed by atoms with van der Waals surface area (Å²) in [5, 5.41) is 10.6. The van der Waals surface area contributed by atoms with E-state index >= 15 is 0 Å². The first-order valence-electron chi connectivity index (χ1n) is 8.80. The van der Waals surface area contributed by atoms with Gasteiger partial charge in [0.2, 0.25) is 0 Å². The van der Waals surface area contributed by atoms with E-state index in [0.717, 1.165) is 31.5 Å². The molecule has 3 heterocycles. The standard InChI is InChI=1S/C18H27NO5/c1-11-8-12(2)18(3,22)17(21)23-10-13-4-6-19-7-5-14(16(13)19)24-15(20)9-11/h9,12-14,16,22H,4-8,10H2,1-3H3/t12-,13-,14-,16?,18+/m0/s1. The van der Waals surface area contributed by atoms with Crippen molar-refractivity contribution < 1.29 is 24.2 Å². The number of ether oxygens (including phenoxy) is 2. The van der Waals surface area contributed by atoms with E-state index in [0.29, 0.717) is 6.42 Å². The molecule has 0 spiro atoms. The molecule has 0 aromatic rings. The van der Waals surface area contributed by atoms with E-state index in [2.05, 4.69) is 4.90 Å². The highest BCUT2D eigenvalue weighted by Crippen LogP contribution is 2.36. The molecule has 3 aliphatic rings. The van der Waals surface area contributed by atoms with Gasteiger partial charge in [0.15, 0.2) is 5.60 Å². The van der Waals surface area contributed by atoms with Crippen LogP contribution in [0.2, 0.25) is 0 Å². The van der Waals surface area contributed by atoms with Crippen molar-refractivity contribution in [2.75, 3.05) is 19.7 Å². The predicted molar refractivity (Wildman–Crippen MR) is 87.1 cm³/mol. The molecule has 1 unspecified atom stereocenters. The van der Waals surface area contributed by atoms with Gasteiger partial charge in [-0.2, -0.15) is 0 Å². The fourth-order valence-electron chi connectivity index (χ4n) is 4.18. The van der Waals surface area contributed by atoms with Gasteiger partial charge in [-0.1, -0.05) is 12.5 Å². The summed E-state index contributed by atoms with van der Waals surface area (Å²) in [5.74, 6) is -1.12. The van der Waals surface area contributed by atoms with Crippen LogP contribution in [0, 0.1) is 11.8 Å². The number of esters is 2. The molecule has 0 aromatic heterocycles. The number of hydrogen-bond donors (Lipinski definition) is 1. The van der Waals surface area contributed by atoms with Crippen molar-refractivity contribution in [2.45, 2.75) is 57.8 Å². The zero-order valence-corrected chi connectivity index (χ0v) is 14.7. The van der Waals surface area contributed by atoms with Gasteiger partial charge in [-0.05, 0) is 45.6 Å². The normalized spacial score (nSPS) is 41.4. The molecule has 3 rings (SSSR count). The fourth-order valence-corrected chi connectivity index (χ4v) is 4.18. The molecule has 2 saturated heterocycles. The van der Waals surface area contributed by atoms with Crippen LogP contribution in [-0.2, 0) is 19.1 Å². The van der Waals surface area contributed by atoms with Crippen molar-refractivity contribution in [3.05, 3.63) is 11.6 Å². The largest absolute Gasteiger partial charge is 0.463 e. The molecule has 6 nitrogen and oxygen atoms in total. The molecule has 0 bridgehead atoms. The lowest BCUT2D eigenvalue weighted by Gasteiger charge is -2.29. The zero-order chi connectivity index (χ0) is 17.5. The van der Waals surface area contributed by atoms with Gasteiger partial charge in [-0.3, -0.25) is 4.90 Å². The van der Waals surface area contributed by atoms with Crippen LogP contribution in [-0.4, -0.2) is 59.4 Å². The second kappa shape index (κ2) is 6.48. The molecular weight excluding hydrogens is 310 g/mol. The highest BCUT2D eigenvalue weighted by atomic mass is 16.6. The van der Waals surface area contributed by atoms with Crippen LogP contribution in [0.15, 0.2) is 11.6 Å². The van der Waals surface area contributed by atoms with Crippen molar-refractivity contribution in [1.82, 2.24) is 4.90 Å². The number of carbonyl (C=O) groups is 2. The average Bonchev–Trinajstić information content (AvgIpc) is 3.06. The van der Waals surface area contributed by atoms with Crippen LogP contribution in [0.25, 0.3) is 0 Å². The minimum Gasteiger partial charge on any atom is -0.463 e. The maximum absolute atomic E-state index is 12.4. The number of aliphatic hydroxyl groups is 1. The van der Waals surface area contributed by atoms with Crippen molar-refractivity contribution in [1.29, 1.82) is 0 Å². The Morgan fingerprint density at radius 3 is 2.75 bits per heavy atom. The van der Waals surface area contributed by atoms with Crippen molar-refractivity contribution in [3.63, 3.8) is 0 Å². The quantitative estimate of drug-likeness (QED) is 0.671. The van der Waals surface area contributed by atoms with Gasteiger partial charge in [0.25, 0.3) is 0 Å². The van der Waals surface area contributed by atoms with Gasteiger partial charge in [0.1, 0.15) is 6.10 Å². The Morgan fingerprint density at radius 2 is 2.00 bits per heavy atom. The third-order valence-electron chi connectivity index (χ3n) is 5.83. The fraction of sp³-hybridized carbons (Fsp3) is 0.778. The molecule has 0 amide bonds. The van der Waals surface area contributed by atoms with Gasteiger partial charge >= 0.3 is 11.9 Å². The molecule has 3 aliphatic heterocycles. The van der Waals surface area contributed by atoms with E-state index in [9.17, 15) is 14.7 Å². The lowest BCUT2D eigenvalue weighted by molar-refractivity contribution is -0.171. The smallest absolute Gasteiger partial charge is 0.338 e. The van der Waals surface area contributed by atoms with Gasteiger partial charge < -0.3 is 14.6 Å². The molecular formula is C18H27NO5. The number of rotatable bonds is 0. The lowest BCUT2D eigenvalue weighted by Crippen LogP contribution is -2.44. The third kappa shape index (κ3) is 3.22. The Morgan fingerprint density at radius 1 is 1.29 bits per heavy atom. The van der Waals surface area contributed by atoms with E-state index in [1.165, 1.54) is 13.0 Å². The summed E-state index contributed by atoms with van der Waals surface area (Å²) in [4.78, 5) is 26.9. The summed E-state index contributed by atoms with van der Waals surface area (Å²) in [5.41, 5.74) is -0.780. The minimum absolute atomic E-state index is 0.110. The Bertz CT molecular complexity index is 556. The summed E-state index contributed by atoms with van der Waals surface area (Å²) in [6.07, 6.45) is 3.51. The first-order valence-corrected chi connectivity index (χ1v) is 8.80. The van der Waals surface area contributed by atoms with Gasteiger partial charge in [-0.25, -0.2) is 9.59 Å². The third-order valence-corrected chi connectivity index (χ3v) is 5.83. The Balaban J connectivity index is 1.86. The summed E-state index contributed by atoms with van der Waals surface area (Å²) >= 11 is 0. The molecule has 2 fully saturated rings. The second-order valence-electron chi connectivity index (χ2n) is 7.68. The summed E-state index contributed by atoms with van der Waals surface area (Å²) in [7, 11) is 0. The molecule has 6 heteroatoms. The molecule has 0 saturated carbocycles. The van der Waals surface area contributed by atoms with Crippen LogP contribution < -0.4 is 0 Å². The SMILES string of the molecule is CC1=CC(=O)O[C@H]2CCN3CC[C@@H](COC(=O)[C@](C)(O)[C@@H](C)C1)C23. The van der Waals surface area contributed by atoms with Crippen LogP contribution in [0.5, 0.6) is 0 Å². The van der Waals surface area contributed by atoms with Gasteiger partial charge in [0, 0.05) is 18.5 Å². The number of cyclic esters (lactones) is 1. The minimum atomic E-state index is -1.57. The average molecular weight is 337 g/mol. The number of carbonyl (C=O) groups excluding carboxylic acids is 2. The molecule has 0 aromatic carbocycles.